The van der Waals surface area contributed by atoms with Gasteiger partial charge in [-0.2, -0.15) is 0 Å². The maximum absolute atomic E-state index is 12.9. The highest BCUT2D eigenvalue weighted by atomic mass is 79.9. The van der Waals surface area contributed by atoms with Gasteiger partial charge in [-0.1, -0.05) is 52.3 Å². The second-order valence-corrected chi connectivity index (χ2v) is 6.96. The van der Waals surface area contributed by atoms with Crippen LogP contribution >= 0.6 is 15.9 Å². The predicted molar refractivity (Wildman–Crippen MR) is 103 cm³/mol. The van der Waals surface area contributed by atoms with Gasteiger partial charge in [0, 0.05) is 18.1 Å². The molecule has 1 unspecified atom stereocenters. The first-order valence-electron chi connectivity index (χ1n) is 8.22. The molecule has 0 aliphatic carbocycles. The summed E-state index contributed by atoms with van der Waals surface area (Å²) in [5.74, 6) is -0.233. The van der Waals surface area contributed by atoms with Gasteiger partial charge < -0.3 is 10.2 Å². The van der Waals surface area contributed by atoms with Crippen LogP contribution in [0.15, 0.2) is 53.0 Å². The summed E-state index contributed by atoms with van der Waals surface area (Å²) in [6, 6.07) is 15.1. The van der Waals surface area contributed by atoms with Gasteiger partial charge in [-0.3, -0.25) is 9.59 Å². The Bertz CT molecular complexity index is 744. The molecule has 2 rings (SSSR count). The third-order valence-corrected chi connectivity index (χ3v) is 4.81. The van der Waals surface area contributed by atoms with E-state index in [1.165, 1.54) is 0 Å². The van der Waals surface area contributed by atoms with Crippen LogP contribution in [0.3, 0.4) is 0 Å². The zero-order valence-electron chi connectivity index (χ0n) is 14.8. The summed E-state index contributed by atoms with van der Waals surface area (Å²) in [5.41, 5.74) is 3.04. The van der Waals surface area contributed by atoms with Crippen LogP contribution in [-0.2, 0) is 22.6 Å². The number of hydrogen-bond donors (Lipinski definition) is 1. The molecule has 2 aromatic rings. The quantitative estimate of drug-likeness (QED) is 0.803. The minimum absolute atomic E-state index is 0.0617. The van der Waals surface area contributed by atoms with Gasteiger partial charge in [0.2, 0.25) is 11.8 Å². The molecule has 0 aromatic heterocycles. The molecule has 0 radical (unpaired) electrons. The summed E-state index contributed by atoms with van der Waals surface area (Å²) in [7, 11) is 1.59. The lowest BCUT2D eigenvalue weighted by atomic mass is 10.0. The number of amides is 2. The molecule has 5 heteroatoms. The van der Waals surface area contributed by atoms with Gasteiger partial charge in [-0.25, -0.2) is 0 Å². The number of nitrogens with one attached hydrogen (secondary N) is 1. The first-order chi connectivity index (χ1) is 11.9. The van der Waals surface area contributed by atoms with Crippen molar-refractivity contribution in [1.82, 2.24) is 10.2 Å². The van der Waals surface area contributed by atoms with E-state index in [0.29, 0.717) is 6.54 Å². The van der Waals surface area contributed by atoms with Crippen LogP contribution in [0.5, 0.6) is 0 Å². The molecule has 0 fully saturated rings. The minimum atomic E-state index is -0.537. The highest BCUT2D eigenvalue weighted by Crippen LogP contribution is 2.16. The third kappa shape index (κ3) is 5.16. The molecule has 2 amide bonds. The fraction of sp³-hybridized carbons (Fsp3) is 0.300. The Morgan fingerprint density at radius 3 is 2.36 bits per heavy atom. The summed E-state index contributed by atoms with van der Waals surface area (Å²) >= 11 is 3.41. The van der Waals surface area contributed by atoms with Crippen molar-refractivity contribution >= 4 is 27.7 Å². The van der Waals surface area contributed by atoms with E-state index in [4.69, 9.17) is 0 Å². The van der Waals surface area contributed by atoms with Crippen LogP contribution in [0.4, 0.5) is 0 Å². The van der Waals surface area contributed by atoms with Gasteiger partial charge in [-0.15, -0.1) is 0 Å². The lowest BCUT2D eigenvalue weighted by molar-refractivity contribution is -0.139. The van der Waals surface area contributed by atoms with Gasteiger partial charge in [0.05, 0.1) is 6.42 Å². The Hall–Kier alpha value is -2.14. The first-order valence-corrected chi connectivity index (χ1v) is 9.01. The van der Waals surface area contributed by atoms with Gasteiger partial charge in [-0.05, 0) is 42.7 Å². The Balaban J connectivity index is 2.23. The van der Waals surface area contributed by atoms with Crippen molar-refractivity contribution in [3.8, 4) is 0 Å². The number of nitrogens with zero attached hydrogens (tertiary/aromatic N) is 1. The van der Waals surface area contributed by atoms with Crippen molar-refractivity contribution < 1.29 is 9.59 Å². The van der Waals surface area contributed by atoms with Crippen molar-refractivity contribution in [3.05, 3.63) is 69.7 Å². The molecule has 0 spiro atoms. The van der Waals surface area contributed by atoms with E-state index in [1.807, 2.05) is 55.5 Å². The standard InChI is InChI=1S/C20H23BrN2O2/c1-14-6-4-5-7-17(14)12-19(24)23(15(2)20(25)22-3)13-16-8-10-18(21)11-9-16/h4-11,15H,12-13H2,1-3H3,(H,22,25). The molecule has 25 heavy (non-hydrogen) atoms. The number of carbonyl (C=O) groups is 2. The minimum Gasteiger partial charge on any atom is -0.357 e. The topological polar surface area (TPSA) is 49.4 Å². The van der Waals surface area contributed by atoms with Crippen LogP contribution in [0.1, 0.15) is 23.6 Å². The van der Waals surface area contributed by atoms with Crippen molar-refractivity contribution in [2.24, 2.45) is 0 Å². The summed E-state index contributed by atoms with van der Waals surface area (Å²) in [6.45, 7) is 4.14. The number of halogens is 1. The molecule has 0 heterocycles. The average Bonchev–Trinajstić information content (AvgIpc) is 2.61. The number of carbonyl (C=O) groups excluding carboxylic acids is 2. The van der Waals surface area contributed by atoms with Crippen molar-refractivity contribution in [1.29, 1.82) is 0 Å². The van der Waals surface area contributed by atoms with Crippen molar-refractivity contribution in [2.45, 2.75) is 32.9 Å². The van der Waals surface area contributed by atoms with Crippen LogP contribution in [0.25, 0.3) is 0 Å². The smallest absolute Gasteiger partial charge is 0.242 e. The first kappa shape index (κ1) is 19.2. The number of rotatable bonds is 6. The number of benzene rings is 2. The zero-order valence-corrected chi connectivity index (χ0v) is 16.3. The molecule has 0 bridgehead atoms. The fourth-order valence-corrected chi connectivity index (χ4v) is 2.92. The van der Waals surface area contributed by atoms with Gasteiger partial charge in [0.25, 0.3) is 0 Å². The summed E-state index contributed by atoms with van der Waals surface area (Å²) in [6.07, 6.45) is 0.282. The second-order valence-electron chi connectivity index (χ2n) is 6.04. The molecule has 4 nitrogen and oxygen atoms in total. The monoisotopic (exact) mass is 402 g/mol. The van der Waals surface area contributed by atoms with Crippen LogP contribution in [0.2, 0.25) is 0 Å². The maximum Gasteiger partial charge on any atom is 0.242 e. The SMILES string of the molecule is CNC(=O)C(C)N(Cc1ccc(Br)cc1)C(=O)Cc1ccccc1C. The molecule has 2 aromatic carbocycles. The zero-order chi connectivity index (χ0) is 18.4. The second kappa shape index (κ2) is 8.81. The lowest BCUT2D eigenvalue weighted by Gasteiger charge is -2.28. The molecule has 132 valence electrons. The van der Waals surface area contributed by atoms with E-state index >= 15 is 0 Å². The molecule has 0 aliphatic rings. The molecule has 0 aliphatic heterocycles. The summed E-state index contributed by atoms with van der Waals surface area (Å²) < 4.78 is 0.980. The van der Waals surface area contributed by atoms with Crippen molar-refractivity contribution in [3.63, 3.8) is 0 Å². The Morgan fingerprint density at radius 2 is 1.76 bits per heavy atom. The Morgan fingerprint density at radius 1 is 1.12 bits per heavy atom. The van der Waals surface area contributed by atoms with E-state index in [1.54, 1.807) is 18.9 Å². The Kier molecular flexibility index (Phi) is 6.76. The van der Waals surface area contributed by atoms with E-state index in [0.717, 1.165) is 21.2 Å². The molecular formula is C20H23BrN2O2. The fourth-order valence-electron chi connectivity index (χ4n) is 2.65. The van der Waals surface area contributed by atoms with E-state index in [2.05, 4.69) is 21.2 Å². The largest absolute Gasteiger partial charge is 0.357 e. The number of likely N-dealkylation sites (N-methyl/N-ethyl adjacent to an activating group) is 1. The lowest BCUT2D eigenvalue weighted by Crippen LogP contribution is -2.47. The number of hydrogen-bond acceptors (Lipinski definition) is 2. The maximum atomic E-state index is 12.9. The van der Waals surface area contributed by atoms with Crippen molar-refractivity contribution in [2.75, 3.05) is 7.05 Å². The average molecular weight is 403 g/mol. The third-order valence-electron chi connectivity index (χ3n) is 4.28. The summed E-state index contributed by atoms with van der Waals surface area (Å²) in [5, 5.41) is 2.63. The predicted octanol–water partition coefficient (Wildman–Crippen LogP) is 3.46. The highest BCUT2D eigenvalue weighted by molar-refractivity contribution is 9.10. The normalized spacial score (nSPS) is 11.7. The number of aryl methyl sites for hydroxylation is 1. The van der Waals surface area contributed by atoms with Crippen LogP contribution < -0.4 is 5.32 Å². The van der Waals surface area contributed by atoms with Gasteiger partial charge in [0.1, 0.15) is 6.04 Å². The van der Waals surface area contributed by atoms with E-state index in [9.17, 15) is 9.59 Å². The van der Waals surface area contributed by atoms with Crippen LogP contribution in [0, 0.1) is 6.92 Å². The highest BCUT2D eigenvalue weighted by Gasteiger charge is 2.25. The Labute approximate surface area is 157 Å². The molecule has 1 N–H and O–H groups in total. The molecular weight excluding hydrogens is 380 g/mol. The summed E-state index contributed by atoms with van der Waals surface area (Å²) in [4.78, 5) is 26.7. The molecule has 1 atom stereocenters. The van der Waals surface area contributed by atoms with E-state index in [-0.39, 0.29) is 18.2 Å². The van der Waals surface area contributed by atoms with E-state index < -0.39 is 6.04 Å². The molecule has 0 saturated carbocycles. The van der Waals surface area contributed by atoms with Crippen LogP contribution in [-0.4, -0.2) is 29.8 Å². The van der Waals surface area contributed by atoms with Gasteiger partial charge in [0.15, 0.2) is 0 Å². The van der Waals surface area contributed by atoms with Gasteiger partial charge >= 0.3 is 0 Å². The molecule has 0 saturated heterocycles.